The van der Waals surface area contributed by atoms with E-state index >= 15 is 0 Å². The first kappa shape index (κ1) is 17.1. The molecule has 1 saturated heterocycles. The number of aromatic nitrogens is 4. The summed E-state index contributed by atoms with van der Waals surface area (Å²) in [7, 11) is 1.95. The molecule has 8 heteroatoms. The maximum absolute atomic E-state index is 13.2. The van der Waals surface area contributed by atoms with Gasteiger partial charge in [0.2, 0.25) is 0 Å². The first-order valence-electron chi connectivity index (χ1n) is 9.56. The second kappa shape index (κ2) is 6.87. The zero-order valence-corrected chi connectivity index (χ0v) is 15.8. The highest BCUT2D eigenvalue weighted by atomic mass is 16.5. The van der Waals surface area contributed by atoms with Gasteiger partial charge in [-0.25, -0.2) is 15.0 Å². The first-order valence-corrected chi connectivity index (χ1v) is 9.56. The Hall–Kier alpha value is -3.00. The summed E-state index contributed by atoms with van der Waals surface area (Å²) in [6.45, 7) is 4.21. The van der Waals surface area contributed by atoms with Gasteiger partial charge >= 0.3 is 0 Å². The number of aryl methyl sites for hydroxylation is 1. The number of anilines is 1. The molecule has 144 valence electrons. The topological polar surface area (TPSA) is 76.4 Å². The Morgan fingerprint density at radius 2 is 1.96 bits per heavy atom. The number of rotatable bonds is 2. The van der Waals surface area contributed by atoms with Crippen molar-refractivity contribution in [2.75, 3.05) is 37.7 Å². The van der Waals surface area contributed by atoms with Crippen molar-refractivity contribution in [2.24, 2.45) is 7.05 Å². The maximum Gasteiger partial charge on any atom is 0.254 e. The van der Waals surface area contributed by atoms with E-state index in [0.717, 1.165) is 47.6 Å². The molecule has 0 radical (unpaired) electrons. The fraction of sp³-hybridized carbons (Fsp3) is 0.400. The number of benzene rings is 1. The average Bonchev–Trinajstić information content (AvgIpc) is 3.13. The smallest absolute Gasteiger partial charge is 0.254 e. The minimum Gasteiger partial charge on any atom is -0.378 e. The van der Waals surface area contributed by atoms with E-state index in [1.165, 1.54) is 0 Å². The third-order valence-electron chi connectivity index (χ3n) is 5.55. The van der Waals surface area contributed by atoms with E-state index in [-0.39, 0.29) is 5.91 Å². The molecule has 1 aromatic carbocycles. The predicted molar refractivity (Wildman–Crippen MR) is 104 cm³/mol. The van der Waals surface area contributed by atoms with E-state index in [1.54, 1.807) is 12.7 Å². The fourth-order valence-corrected chi connectivity index (χ4v) is 4.00. The molecule has 0 bridgehead atoms. The normalized spacial score (nSPS) is 17.0. The van der Waals surface area contributed by atoms with Gasteiger partial charge in [-0.1, -0.05) is 0 Å². The van der Waals surface area contributed by atoms with Crippen LogP contribution in [-0.2, 0) is 24.8 Å². The van der Waals surface area contributed by atoms with Crippen LogP contribution in [0.15, 0.2) is 30.9 Å². The van der Waals surface area contributed by atoms with Crippen LogP contribution in [0.5, 0.6) is 0 Å². The molecule has 1 amide bonds. The van der Waals surface area contributed by atoms with Crippen molar-refractivity contribution < 1.29 is 9.53 Å². The summed E-state index contributed by atoms with van der Waals surface area (Å²) in [5.74, 6) is 0.959. The molecular weight excluding hydrogens is 356 g/mol. The van der Waals surface area contributed by atoms with Crippen molar-refractivity contribution in [1.29, 1.82) is 0 Å². The Balaban J connectivity index is 1.43. The van der Waals surface area contributed by atoms with Gasteiger partial charge in [0.05, 0.1) is 42.8 Å². The molecule has 0 unspecified atom stereocenters. The minimum atomic E-state index is 0.0231. The number of hydrogen-bond acceptors (Lipinski definition) is 6. The van der Waals surface area contributed by atoms with Gasteiger partial charge in [0.1, 0.15) is 12.1 Å². The lowest BCUT2D eigenvalue weighted by Gasteiger charge is -2.34. The van der Waals surface area contributed by atoms with Gasteiger partial charge in [0, 0.05) is 44.2 Å². The third kappa shape index (κ3) is 2.90. The molecule has 0 aliphatic carbocycles. The highest BCUT2D eigenvalue weighted by Gasteiger charge is 2.27. The zero-order valence-electron chi connectivity index (χ0n) is 15.8. The summed E-state index contributed by atoms with van der Waals surface area (Å²) in [5, 5.41) is 0. The zero-order chi connectivity index (χ0) is 19.1. The van der Waals surface area contributed by atoms with Crippen molar-refractivity contribution in [3.05, 3.63) is 47.7 Å². The van der Waals surface area contributed by atoms with Gasteiger partial charge in [-0.2, -0.15) is 0 Å². The fourth-order valence-electron chi connectivity index (χ4n) is 4.00. The van der Waals surface area contributed by atoms with Crippen LogP contribution in [0, 0.1) is 0 Å². The number of carbonyl (C=O) groups excluding carboxylic acids is 1. The van der Waals surface area contributed by atoms with Crippen molar-refractivity contribution in [2.45, 2.75) is 13.0 Å². The number of nitrogens with zero attached hydrogens (tertiary/aromatic N) is 6. The molecule has 2 aliphatic heterocycles. The van der Waals surface area contributed by atoms with Crippen LogP contribution in [-0.4, -0.2) is 63.2 Å². The van der Waals surface area contributed by atoms with Crippen molar-refractivity contribution in [3.8, 4) is 0 Å². The lowest BCUT2D eigenvalue weighted by atomic mass is 10.0. The second-order valence-electron chi connectivity index (χ2n) is 7.26. The lowest BCUT2D eigenvalue weighted by molar-refractivity contribution is 0.0733. The minimum absolute atomic E-state index is 0.0231. The van der Waals surface area contributed by atoms with E-state index in [9.17, 15) is 4.79 Å². The monoisotopic (exact) mass is 378 g/mol. The summed E-state index contributed by atoms with van der Waals surface area (Å²) in [6, 6.07) is 5.71. The number of hydrogen-bond donors (Lipinski definition) is 0. The average molecular weight is 378 g/mol. The number of imidazole rings is 1. The molecule has 2 aliphatic rings. The van der Waals surface area contributed by atoms with Gasteiger partial charge in [-0.3, -0.25) is 4.79 Å². The molecule has 4 heterocycles. The SMILES string of the molecule is Cn1cnc2cc(C(=O)N3CCc4ncnc(N5CCOCC5)c4C3)ccc21. The molecule has 0 saturated carbocycles. The van der Waals surface area contributed by atoms with E-state index in [0.29, 0.717) is 31.9 Å². The van der Waals surface area contributed by atoms with Crippen molar-refractivity contribution in [3.63, 3.8) is 0 Å². The predicted octanol–water partition coefficient (Wildman–Crippen LogP) is 1.40. The van der Waals surface area contributed by atoms with Gasteiger partial charge in [-0.05, 0) is 18.2 Å². The van der Waals surface area contributed by atoms with Gasteiger partial charge in [0.25, 0.3) is 5.91 Å². The van der Waals surface area contributed by atoms with Crippen molar-refractivity contribution >= 4 is 22.8 Å². The van der Waals surface area contributed by atoms with Gasteiger partial charge in [0.15, 0.2) is 0 Å². The number of carbonyl (C=O) groups is 1. The van der Waals surface area contributed by atoms with E-state index in [1.807, 2.05) is 34.7 Å². The number of morpholine rings is 1. The molecule has 0 spiro atoms. The molecule has 0 N–H and O–H groups in total. The molecule has 5 rings (SSSR count). The summed E-state index contributed by atoms with van der Waals surface area (Å²) in [4.78, 5) is 30.7. The number of ether oxygens (including phenoxy) is 1. The first-order chi connectivity index (χ1) is 13.7. The van der Waals surface area contributed by atoms with E-state index in [2.05, 4.69) is 19.9 Å². The van der Waals surface area contributed by atoms with Crippen LogP contribution in [0.3, 0.4) is 0 Å². The van der Waals surface area contributed by atoms with E-state index in [4.69, 9.17) is 4.74 Å². The lowest BCUT2D eigenvalue weighted by Crippen LogP contribution is -2.41. The molecule has 8 nitrogen and oxygen atoms in total. The highest BCUT2D eigenvalue weighted by Crippen LogP contribution is 2.27. The Labute approximate surface area is 162 Å². The third-order valence-corrected chi connectivity index (χ3v) is 5.55. The van der Waals surface area contributed by atoms with Gasteiger partial charge < -0.3 is 19.1 Å². The quantitative estimate of drug-likeness (QED) is 0.671. The second-order valence-corrected chi connectivity index (χ2v) is 7.26. The Morgan fingerprint density at radius 1 is 1.11 bits per heavy atom. The number of amides is 1. The Bertz CT molecular complexity index is 1040. The van der Waals surface area contributed by atoms with Crippen LogP contribution in [0.2, 0.25) is 0 Å². The van der Waals surface area contributed by atoms with Crippen LogP contribution in [0.25, 0.3) is 11.0 Å². The molecule has 0 atom stereocenters. The molecular formula is C20H22N6O2. The summed E-state index contributed by atoms with van der Waals surface area (Å²) < 4.78 is 7.41. The standard InChI is InChI=1S/C20H22N6O2/c1-24-13-23-17-10-14(2-3-18(17)24)20(27)26-5-4-16-15(11-26)19(22-12-21-16)25-6-8-28-9-7-25/h2-3,10,12-13H,4-9,11H2,1H3. The Morgan fingerprint density at radius 3 is 2.82 bits per heavy atom. The number of fused-ring (bicyclic) bond motifs is 2. The Kier molecular flexibility index (Phi) is 4.20. The summed E-state index contributed by atoms with van der Waals surface area (Å²) >= 11 is 0. The van der Waals surface area contributed by atoms with Crippen LogP contribution >= 0.6 is 0 Å². The van der Waals surface area contributed by atoms with Crippen LogP contribution in [0.4, 0.5) is 5.82 Å². The maximum atomic E-state index is 13.2. The van der Waals surface area contributed by atoms with E-state index < -0.39 is 0 Å². The molecule has 28 heavy (non-hydrogen) atoms. The summed E-state index contributed by atoms with van der Waals surface area (Å²) in [6.07, 6.45) is 4.14. The van der Waals surface area contributed by atoms with Crippen LogP contribution in [0.1, 0.15) is 21.6 Å². The molecule has 3 aromatic rings. The summed E-state index contributed by atoms with van der Waals surface area (Å²) in [5.41, 5.74) is 4.62. The largest absolute Gasteiger partial charge is 0.378 e. The van der Waals surface area contributed by atoms with Crippen molar-refractivity contribution in [1.82, 2.24) is 24.4 Å². The van der Waals surface area contributed by atoms with Crippen LogP contribution < -0.4 is 4.90 Å². The molecule has 2 aromatic heterocycles. The highest BCUT2D eigenvalue weighted by molar-refractivity contribution is 5.97. The van der Waals surface area contributed by atoms with Gasteiger partial charge in [-0.15, -0.1) is 0 Å². The molecule has 1 fully saturated rings.